The maximum absolute atomic E-state index is 12.5. The van der Waals surface area contributed by atoms with E-state index in [1.165, 1.54) is 5.56 Å². The summed E-state index contributed by atoms with van der Waals surface area (Å²) in [6.07, 6.45) is 4.99. The standard InChI is InChI=1S/C28H34N2O6/c1-2-35-25-17-21(9-14-24(25)18-3-4-18)27(32)30-16-15-29-26(31)19-5-10-22(11-6-19)36-23-12-7-20(8-13-23)28(33)34/h5-6,9-11,14,17-18,20,23H,2-4,7-8,12-13,15-16H2,1H3,(H,29,31)(H,30,32)(H,33,34)/t20-,23+. The number of nitrogens with one attached hydrogen (secondary N) is 2. The average molecular weight is 495 g/mol. The Morgan fingerprint density at radius 2 is 1.47 bits per heavy atom. The molecule has 2 fully saturated rings. The third-order valence-corrected chi connectivity index (χ3v) is 6.73. The molecule has 0 radical (unpaired) electrons. The van der Waals surface area contributed by atoms with E-state index in [2.05, 4.69) is 10.6 Å². The van der Waals surface area contributed by atoms with Gasteiger partial charge in [0.15, 0.2) is 0 Å². The van der Waals surface area contributed by atoms with Crippen molar-refractivity contribution in [1.29, 1.82) is 0 Å². The van der Waals surface area contributed by atoms with Crippen LogP contribution in [0.15, 0.2) is 42.5 Å². The molecule has 0 unspecified atom stereocenters. The van der Waals surface area contributed by atoms with Crippen molar-refractivity contribution in [1.82, 2.24) is 10.6 Å². The molecule has 8 nitrogen and oxygen atoms in total. The van der Waals surface area contributed by atoms with E-state index in [4.69, 9.17) is 14.6 Å². The Balaban J connectivity index is 1.19. The fourth-order valence-electron chi connectivity index (χ4n) is 4.55. The zero-order chi connectivity index (χ0) is 25.5. The van der Waals surface area contributed by atoms with Gasteiger partial charge in [0.1, 0.15) is 11.5 Å². The highest BCUT2D eigenvalue weighted by atomic mass is 16.5. The topological polar surface area (TPSA) is 114 Å². The molecule has 4 rings (SSSR count). The number of carboxylic acid groups (broad SMARTS) is 1. The van der Waals surface area contributed by atoms with Crippen molar-refractivity contribution in [2.75, 3.05) is 19.7 Å². The summed E-state index contributed by atoms with van der Waals surface area (Å²) in [6.45, 7) is 3.09. The Morgan fingerprint density at radius 1 is 0.861 bits per heavy atom. The largest absolute Gasteiger partial charge is 0.494 e. The lowest BCUT2D eigenvalue weighted by Crippen LogP contribution is -2.34. The Labute approximate surface area is 211 Å². The van der Waals surface area contributed by atoms with E-state index in [0.29, 0.717) is 68.2 Å². The molecule has 36 heavy (non-hydrogen) atoms. The van der Waals surface area contributed by atoms with Gasteiger partial charge in [0.2, 0.25) is 0 Å². The first-order chi connectivity index (χ1) is 17.4. The predicted octanol–water partition coefficient (Wildman–Crippen LogP) is 4.14. The number of carbonyl (C=O) groups is 3. The smallest absolute Gasteiger partial charge is 0.306 e. The van der Waals surface area contributed by atoms with Gasteiger partial charge in [0.05, 0.1) is 18.6 Å². The molecule has 2 aromatic rings. The summed E-state index contributed by atoms with van der Waals surface area (Å²) in [5.74, 6) is 0.538. The van der Waals surface area contributed by atoms with Crippen molar-refractivity contribution in [3.63, 3.8) is 0 Å². The van der Waals surface area contributed by atoms with E-state index in [1.54, 1.807) is 30.3 Å². The van der Waals surface area contributed by atoms with Gasteiger partial charge in [0, 0.05) is 24.2 Å². The predicted molar refractivity (Wildman–Crippen MR) is 135 cm³/mol. The number of rotatable bonds is 11. The number of benzene rings is 2. The Kier molecular flexibility index (Phi) is 8.46. The number of carboxylic acids is 1. The lowest BCUT2D eigenvalue weighted by atomic mass is 9.87. The van der Waals surface area contributed by atoms with Crippen LogP contribution in [-0.4, -0.2) is 48.7 Å². The fraction of sp³-hybridized carbons (Fsp3) is 0.464. The molecule has 2 amide bonds. The second kappa shape index (κ2) is 11.9. The maximum atomic E-state index is 12.5. The van der Waals surface area contributed by atoms with Crippen LogP contribution in [0, 0.1) is 5.92 Å². The lowest BCUT2D eigenvalue weighted by molar-refractivity contribution is -0.143. The summed E-state index contributed by atoms with van der Waals surface area (Å²) < 4.78 is 11.7. The van der Waals surface area contributed by atoms with Gasteiger partial charge >= 0.3 is 5.97 Å². The highest BCUT2D eigenvalue weighted by molar-refractivity contribution is 5.95. The minimum absolute atomic E-state index is 0.00147. The Hall–Kier alpha value is -3.55. The molecule has 3 N–H and O–H groups in total. The molecule has 8 heteroatoms. The second-order valence-corrected chi connectivity index (χ2v) is 9.43. The van der Waals surface area contributed by atoms with Gasteiger partial charge in [-0.3, -0.25) is 14.4 Å². The number of carbonyl (C=O) groups excluding carboxylic acids is 2. The Morgan fingerprint density at radius 3 is 2.06 bits per heavy atom. The molecule has 0 bridgehead atoms. The van der Waals surface area contributed by atoms with Crippen LogP contribution in [0.5, 0.6) is 11.5 Å². The SMILES string of the molecule is CCOc1cc(C(=O)NCCNC(=O)c2ccc(O[C@H]3CC[C@@H](C(=O)O)CC3)cc2)ccc1C1CC1. The minimum atomic E-state index is -0.735. The fourth-order valence-corrected chi connectivity index (χ4v) is 4.55. The molecular weight excluding hydrogens is 460 g/mol. The molecule has 2 saturated carbocycles. The molecular formula is C28H34N2O6. The highest BCUT2D eigenvalue weighted by Crippen LogP contribution is 2.44. The first kappa shape index (κ1) is 25.5. The summed E-state index contributed by atoms with van der Waals surface area (Å²) >= 11 is 0. The summed E-state index contributed by atoms with van der Waals surface area (Å²) in [7, 11) is 0. The van der Waals surface area contributed by atoms with Gasteiger partial charge in [-0.25, -0.2) is 0 Å². The molecule has 0 aliphatic heterocycles. The normalized spacial score (nSPS) is 19.2. The van der Waals surface area contributed by atoms with Crippen LogP contribution in [0.1, 0.15) is 77.6 Å². The molecule has 2 aliphatic carbocycles. The van der Waals surface area contributed by atoms with E-state index in [1.807, 2.05) is 19.1 Å². The van der Waals surface area contributed by atoms with Gasteiger partial charge in [-0.05, 0) is 93.3 Å². The third-order valence-electron chi connectivity index (χ3n) is 6.73. The summed E-state index contributed by atoms with van der Waals surface area (Å²) in [5, 5.41) is 14.8. The van der Waals surface area contributed by atoms with Gasteiger partial charge in [-0.15, -0.1) is 0 Å². The van der Waals surface area contributed by atoms with E-state index >= 15 is 0 Å². The molecule has 0 atom stereocenters. The number of ether oxygens (including phenoxy) is 2. The zero-order valence-electron chi connectivity index (χ0n) is 20.6. The molecule has 0 heterocycles. The Bertz CT molecular complexity index is 1070. The zero-order valence-corrected chi connectivity index (χ0v) is 20.6. The van der Waals surface area contributed by atoms with Gasteiger partial charge in [-0.2, -0.15) is 0 Å². The third kappa shape index (κ3) is 6.77. The van der Waals surface area contributed by atoms with Crippen molar-refractivity contribution < 1.29 is 29.0 Å². The van der Waals surface area contributed by atoms with Crippen LogP contribution in [0.25, 0.3) is 0 Å². The van der Waals surface area contributed by atoms with Crippen LogP contribution in [0.4, 0.5) is 0 Å². The number of aliphatic carboxylic acids is 1. The van der Waals surface area contributed by atoms with Crippen LogP contribution in [0.2, 0.25) is 0 Å². The number of amides is 2. The average Bonchev–Trinajstić information content (AvgIpc) is 3.73. The first-order valence-electron chi connectivity index (χ1n) is 12.8. The number of hydrogen-bond acceptors (Lipinski definition) is 5. The van der Waals surface area contributed by atoms with Gasteiger partial charge < -0.3 is 25.2 Å². The first-order valence-corrected chi connectivity index (χ1v) is 12.8. The van der Waals surface area contributed by atoms with Crippen LogP contribution >= 0.6 is 0 Å². The highest BCUT2D eigenvalue weighted by Gasteiger charge is 2.28. The maximum Gasteiger partial charge on any atom is 0.306 e. The molecule has 0 saturated heterocycles. The monoisotopic (exact) mass is 494 g/mol. The van der Waals surface area contributed by atoms with E-state index in [0.717, 1.165) is 18.6 Å². The van der Waals surface area contributed by atoms with Crippen molar-refractivity contribution >= 4 is 17.8 Å². The van der Waals surface area contributed by atoms with Crippen LogP contribution in [0.3, 0.4) is 0 Å². The molecule has 2 aliphatic rings. The summed E-state index contributed by atoms with van der Waals surface area (Å²) in [4.78, 5) is 36.1. The van der Waals surface area contributed by atoms with Crippen molar-refractivity contribution in [2.24, 2.45) is 5.92 Å². The molecule has 192 valence electrons. The lowest BCUT2D eigenvalue weighted by Gasteiger charge is -2.26. The minimum Gasteiger partial charge on any atom is -0.494 e. The molecule has 0 spiro atoms. The van der Waals surface area contributed by atoms with Crippen molar-refractivity contribution in [2.45, 2.75) is 57.5 Å². The van der Waals surface area contributed by atoms with Gasteiger partial charge in [0.25, 0.3) is 11.8 Å². The van der Waals surface area contributed by atoms with Crippen LogP contribution < -0.4 is 20.1 Å². The summed E-state index contributed by atoms with van der Waals surface area (Å²) in [5.41, 5.74) is 2.21. The molecule has 2 aromatic carbocycles. The second-order valence-electron chi connectivity index (χ2n) is 9.43. The number of hydrogen-bond donors (Lipinski definition) is 3. The van der Waals surface area contributed by atoms with Crippen molar-refractivity contribution in [3.8, 4) is 11.5 Å². The van der Waals surface area contributed by atoms with E-state index in [-0.39, 0.29) is 23.8 Å². The van der Waals surface area contributed by atoms with Gasteiger partial charge in [-0.1, -0.05) is 6.07 Å². The molecule has 0 aromatic heterocycles. The quantitative estimate of drug-likeness (QED) is 0.405. The van der Waals surface area contributed by atoms with E-state index < -0.39 is 5.97 Å². The summed E-state index contributed by atoms with van der Waals surface area (Å²) in [6, 6.07) is 12.5. The van der Waals surface area contributed by atoms with E-state index in [9.17, 15) is 14.4 Å². The van der Waals surface area contributed by atoms with Crippen LogP contribution in [-0.2, 0) is 4.79 Å². The van der Waals surface area contributed by atoms with Crippen molar-refractivity contribution in [3.05, 3.63) is 59.2 Å².